The number of carbonyl (C=O) groups is 3. The van der Waals surface area contributed by atoms with Gasteiger partial charge in [0.2, 0.25) is 17.7 Å². The van der Waals surface area contributed by atoms with Gasteiger partial charge in [0.15, 0.2) is 0 Å². The number of hydrogen-bond donors (Lipinski definition) is 3. The largest absolute Gasteiger partial charge is 0.395 e. The normalized spacial score (nSPS) is 28.9. The van der Waals surface area contributed by atoms with Crippen LogP contribution >= 0.6 is 11.6 Å². The second-order valence-corrected chi connectivity index (χ2v) is 8.76. The Hall–Kier alpha value is -2.74. The molecule has 1 spiro atoms. The summed E-state index contributed by atoms with van der Waals surface area (Å²) in [5.74, 6) is -2.85. The fourth-order valence-electron chi connectivity index (χ4n) is 5.31. The molecule has 3 aliphatic rings. The molecule has 0 saturated carbocycles. The van der Waals surface area contributed by atoms with Crippen LogP contribution in [0.15, 0.2) is 42.5 Å². The van der Waals surface area contributed by atoms with Crippen molar-refractivity contribution in [2.75, 3.05) is 18.5 Å². The Kier molecular flexibility index (Phi) is 4.66. The van der Waals surface area contributed by atoms with Crippen LogP contribution in [-0.4, -0.2) is 46.9 Å². The van der Waals surface area contributed by atoms with Crippen LogP contribution in [0.4, 0.5) is 5.69 Å². The molecule has 3 amide bonds. The van der Waals surface area contributed by atoms with Gasteiger partial charge >= 0.3 is 0 Å². The number of imide groups is 1. The predicted molar refractivity (Wildman–Crippen MR) is 114 cm³/mol. The smallest absolute Gasteiger partial charge is 0.250 e. The number of fused-ring (bicyclic) bond motifs is 4. The first-order valence-corrected chi connectivity index (χ1v) is 10.7. The number of aliphatic hydroxyl groups excluding tert-OH is 1. The van der Waals surface area contributed by atoms with E-state index in [9.17, 15) is 19.5 Å². The molecule has 0 aromatic heterocycles. The van der Waals surface area contributed by atoms with Crippen molar-refractivity contribution in [1.82, 2.24) is 10.2 Å². The molecule has 160 valence electrons. The summed E-state index contributed by atoms with van der Waals surface area (Å²) < 4.78 is 0. The van der Waals surface area contributed by atoms with Crippen molar-refractivity contribution in [2.45, 2.75) is 24.9 Å². The van der Waals surface area contributed by atoms with Crippen LogP contribution in [0.25, 0.3) is 0 Å². The van der Waals surface area contributed by atoms with Crippen LogP contribution in [0.2, 0.25) is 5.02 Å². The van der Waals surface area contributed by atoms with Crippen LogP contribution in [0.1, 0.15) is 16.7 Å². The van der Waals surface area contributed by atoms with Crippen LogP contribution in [0.3, 0.4) is 0 Å². The van der Waals surface area contributed by atoms with Crippen molar-refractivity contribution in [2.24, 2.45) is 11.8 Å². The van der Waals surface area contributed by atoms with E-state index in [2.05, 4.69) is 10.6 Å². The van der Waals surface area contributed by atoms with Gasteiger partial charge in [-0.05, 0) is 30.5 Å². The Bertz CT molecular complexity index is 1110. The van der Waals surface area contributed by atoms with E-state index in [1.807, 2.05) is 30.3 Å². The molecule has 3 aliphatic heterocycles. The number of rotatable bonds is 4. The van der Waals surface area contributed by atoms with Gasteiger partial charge in [-0.3, -0.25) is 24.6 Å². The molecule has 2 saturated heterocycles. The Morgan fingerprint density at radius 1 is 1.10 bits per heavy atom. The summed E-state index contributed by atoms with van der Waals surface area (Å²) in [6, 6.07) is 12.3. The highest BCUT2D eigenvalue weighted by Gasteiger charge is 2.70. The fraction of sp³-hybridized carbons (Fsp3) is 0.348. The van der Waals surface area contributed by atoms with E-state index >= 15 is 0 Å². The van der Waals surface area contributed by atoms with Crippen LogP contribution in [0.5, 0.6) is 0 Å². The third-order valence-electron chi connectivity index (χ3n) is 6.84. The number of anilines is 1. The minimum atomic E-state index is -1.41. The van der Waals surface area contributed by atoms with Gasteiger partial charge in [-0.25, -0.2) is 0 Å². The van der Waals surface area contributed by atoms with Gasteiger partial charge in [0.25, 0.3) is 0 Å². The number of halogens is 1. The average molecular weight is 440 g/mol. The third-order valence-corrected chi connectivity index (χ3v) is 7.25. The van der Waals surface area contributed by atoms with Gasteiger partial charge in [-0.15, -0.1) is 0 Å². The SMILES string of the molecule is Cc1c(Cl)ccc2c1NC(=O)[C@@]21N[C@H](CO)[C@H]2C(=O)N(CCc3ccccc3)C(=O)[C@H]21. The first kappa shape index (κ1) is 20.2. The van der Waals surface area contributed by atoms with E-state index in [0.717, 1.165) is 5.56 Å². The molecule has 0 radical (unpaired) electrons. The summed E-state index contributed by atoms with van der Waals surface area (Å²) in [6.07, 6.45) is 0.527. The number of nitrogens with one attached hydrogen (secondary N) is 2. The summed E-state index contributed by atoms with van der Waals surface area (Å²) >= 11 is 6.24. The van der Waals surface area contributed by atoms with Crippen LogP contribution in [-0.2, 0) is 26.3 Å². The van der Waals surface area contributed by atoms with E-state index < -0.39 is 29.3 Å². The number of hydrogen-bond acceptors (Lipinski definition) is 5. The highest BCUT2D eigenvalue weighted by Crippen LogP contribution is 2.53. The summed E-state index contributed by atoms with van der Waals surface area (Å²) in [7, 11) is 0. The molecule has 8 heteroatoms. The van der Waals surface area contributed by atoms with Gasteiger partial charge in [0.1, 0.15) is 5.54 Å². The minimum Gasteiger partial charge on any atom is -0.395 e. The monoisotopic (exact) mass is 439 g/mol. The molecule has 7 nitrogen and oxygen atoms in total. The molecule has 2 aromatic carbocycles. The molecule has 3 heterocycles. The molecule has 0 aliphatic carbocycles. The standard InChI is InChI=1S/C23H22ClN3O4/c1-12-15(24)8-7-14-19(12)25-22(31)23(14)18-17(16(11-28)26-23)20(29)27(21(18)30)10-9-13-5-3-2-4-6-13/h2-8,16-18,26,28H,9-11H2,1H3,(H,25,31)/t16-,17-,18+,23-/m1/s1. The molecule has 4 atom stereocenters. The summed E-state index contributed by atoms with van der Waals surface area (Å²) in [5.41, 5.74) is 1.47. The maximum absolute atomic E-state index is 13.5. The highest BCUT2D eigenvalue weighted by atomic mass is 35.5. The second-order valence-electron chi connectivity index (χ2n) is 8.36. The number of carbonyl (C=O) groups excluding carboxylic acids is 3. The quantitative estimate of drug-likeness (QED) is 0.628. The van der Waals surface area contributed by atoms with Crippen molar-refractivity contribution < 1.29 is 19.5 Å². The zero-order valence-electron chi connectivity index (χ0n) is 16.9. The number of benzene rings is 2. The molecule has 0 bridgehead atoms. The second kappa shape index (κ2) is 7.15. The first-order valence-electron chi connectivity index (χ1n) is 10.3. The lowest BCUT2D eigenvalue weighted by Gasteiger charge is -2.29. The van der Waals surface area contributed by atoms with Gasteiger partial charge in [0, 0.05) is 23.2 Å². The summed E-state index contributed by atoms with van der Waals surface area (Å²) in [4.78, 5) is 41.3. The van der Waals surface area contributed by atoms with Crippen molar-refractivity contribution in [3.05, 3.63) is 64.2 Å². The zero-order chi connectivity index (χ0) is 21.9. The van der Waals surface area contributed by atoms with Crippen molar-refractivity contribution in [3.8, 4) is 0 Å². The van der Waals surface area contributed by atoms with Crippen molar-refractivity contribution in [3.63, 3.8) is 0 Å². The van der Waals surface area contributed by atoms with E-state index in [0.29, 0.717) is 28.3 Å². The minimum absolute atomic E-state index is 0.233. The zero-order valence-corrected chi connectivity index (χ0v) is 17.6. The van der Waals surface area contributed by atoms with Crippen molar-refractivity contribution >= 4 is 35.0 Å². The van der Waals surface area contributed by atoms with Crippen LogP contribution < -0.4 is 10.6 Å². The van der Waals surface area contributed by atoms with E-state index in [4.69, 9.17) is 11.6 Å². The molecule has 3 N–H and O–H groups in total. The van der Waals surface area contributed by atoms with Gasteiger partial charge in [-0.2, -0.15) is 0 Å². The van der Waals surface area contributed by atoms with Gasteiger partial charge in [-0.1, -0.05) is 48.0 Å². The molecular weight excluding hydrogens is 418 g/mol. The number of nitrogens with zero attached hydrogens (tertiary/aromatic N) is 1. The number of amides is 3. The summed E-state index contributed by atoms with van der Waals surface area (Å²) in [5, 5.41) is 16.5. The maximum Gasteiger partial charge on any atom is 0.250 e. The lowest BCUT2D eigenvalue weighted by Crippen LogP contribution is -2.53. The Labute approximate surface area is 184 Å². The molecule has 5 rings (SSSR count). The van der Waals surface area contributed by atoms with Crippen LogP contribution in [0, 0.1) is 18.8 Å². The molecular formula is C23H22ClN3O4. The third kappa shape index (κ3) is 2.70. The molecule has 31 heavy (non-hydrogen) atoms. The summed E-state index contributed by atoms with van der Waals surface area (Å²) in [6.45, 7) is 1.67. The fourth-order valence-corrected chi connectivity index (χ4v) is 5.47. The predicted octanol–water partition coefficient (Wildman–Crippen LogP) is 1.60. The lowest BCUT2D eigenvalue weighted by atomic mass is 9.76. The Morgan fingerprint density at radius 3 is 2.55 bits per heavy atom. The molecule has 2 fully saturated rings. The van der Waals surface area contributed by atoms with Gasteiger partial charge in [0.05, 0.1) is 24.1 Å². The van der Waals surface area contributed by atoms with Gasteiger partial charge < -0.3 is 10.4 Å². The van der Waals surface area contributed by atoms with E-state index in [1.54, 1.807) is 19.1 Å². The Balaban J connectivity index is 1.55. The lowest BCUT2D eigenvalue weighted by molar-refractivity contribution is -0.142. The number of likely N-dealkylation sites (tertiary alicyclic amines) is 1. The number of aliphatic hydroxyl groups is 1. The van der Waals surface area contributed by atoms with E-state index in [1.165, 1.54) is 4.90 Å². The topological polar surface area (TPSA) is 98.7 Å². The van der Waals surface area contributed by atoms with E-state index in [-0.39, 0.29) is 25.0 Å². The first-order chi connectivity index (χ1) is 14.9. The maximum atomic E-state index is 13.5. The average Bonchev–Trinajstić information content (AvgIpc) is 3.35. The Morgan fingerprint density at radius 2 is 1.84 bits per heavy atom. The van der Waals surface area contributed by atoms with Crippen molar-refractivity contribution in [1.29, 1.82) is 0 Å². The highest BCUT2D eigenvalue weighted by molar-refractivity contribution is 6.32. The molecule has 0 unspecified atom stereocenters. The molecule has 2 aromatic rings.